The Morgan fingerprint density at radius 1 is 1.00 bits per heavy atom. The summed E-state index contributed by atoms with van der Waals surface area (Å²) in [6, 6.07) is 14.7. The summed E-state index contributed by atoms with van der Waals surface area (Å²) >= 11 is 0. The predicted molar refractivity (Wildman–Crippen MR) is 85.4 cm³/mol. The zero-order valence-corrected chi connectivity index (χ0v) is 12.6. The number of anilines is 1. The zero-order valence-electron chi connectivity index (χ0n) is 12.6. The second-order valence-corrected chi connectivity index (χ2v) is 5.51. The average Bonchev–Trinajstić information content (AvgIpc) is 3.07. The molecule has 0 unspecified atom stereocenters. The smallest absolute Gasteiger partial charge is 0.285 e. The van der Waals surface area contributed by atoms with Gasteiger partial charge in [-0.1, -0.05) is 30.3 Å². The molecule has 0 spiro atoms. The fraction of sp³-hybridized carbons (Fsp3) is 0.118. The van der Waals surface area contributed by atoms with E-state index >= 15 is 0 Å². The lowest BCUT2D eigenvalue weighted by molar-refractivity contribution is 0.244. The van der Waals surface area contributed by atoms with Crippen LogP contribution in [0.2, 0.25) is 0 Å². The van der Waals surface area contributed by atoms with Crippen molar-refractivity contribution >= 4 is 11.7 Å². The van der Waals surface area contributed by atoms with Gasteiger partial charge in [0.05, 0.1) is 13.1 Å². The van der Waals surface area contributed by atoms with Crippen LogP contribution in [0.1, 0.15) is 11.4 Å². The second kappa shape index (κ2) is 5.45. The first-order chi connectivity index (χ1) is 11.6. The predicted octanol–water partition coefficient (Wildman–Crippen LogP) is 2.22. The Morgan fingerprint density at radius 2 is 1.71 bits per heavy atom. The Balaban J connectivity index is 1.70. The number of carbonyl (C=O) groups excluding carboxylic acids is 1. The van der Waals surface area contributed by atoms with E-state index in [4.69, 9.17) is 0 Å². The van der Waals surface area contributed by atoms with E-state index in [9.17, 15) is 14.0 Å². The van der Waals surface area contributed by atoms with Gasteiger partial charge >= 0.3 is 11.7 Å². The molecular weight excluding hydrogens is 311 g/mol. The van der Waals surface area contributed by atoms with Gasteiger partial charge in [-0.05, 0) is 29.8 Å². The minimum Gasteiger partial charge on any atom is -0.285 e. The Hall–Kier alpha value is -3.22. The molecule has 2 heterocycles. The topological polar surface area (TPSA) is 60.1 Å². The molecular formula is C17H13FN4O2. The Labute approximate surface area is 136 Å². The molecule has 0 fully saturated rings. The zero-order chi connectivity index (χ0) is 16.7. The number of hydrogen-bond acceptors (Lipinski definition) is 3. The number of hydrogen-bond donors (Lipinski definition) is 0. The van der Waals surface area contributed by atoms with Crippen LogP contribution < -0.4 is 10.6 Å². The number of fused-ring (bicyclic) bond motifs is 1. The van der Waals surface area contributed by atoms with Gasteiger partial charge in [-0.3, -0.25) is 4.90 Å². The van der Waals surface area contributed by atoms with Gasteiger partial charge in [0.1, 0.15) is 5.82 Å². The molecule has 0 radical (unpaired) electrons. The quantitative estimate of drug-likeness (QED) is 0.742. The normalized spacial score (nSPS) is 13.4. The summed E-state index contributed by atoms with van der Waals surface area (Å²) in [5.74, 6) is 0.0481. The lowest BCUT2D eigenvalue weighted by atomic mass is 10.2. The molecule has 0 saturated heterocycles. The molecule has 1 amide bonds. The van der Waals surface area contributed by atoms with Crippen molar-refractivity contribution in [1.29, 1.82) is 0 Å². The van der Waals surface area contributed by atoms with Gasteiger partial charge in [0, 0.05) is 5.69 Å². The van der Waals surface area contributed by atoms with E-state index in [0.29, 0.717) is 11.4 Å². The maximum Gasteiger partial charge on any atom is 0.364 e. The molecule has 2 aromatic carbocycles. The summed E-state index contributed by atoms with van der Waals surface area (Å²) in [6.45, 7) is 0.398. The van der Waals surface area contributed by atoms with Crippen molar-refractivity contribution in [2.45, 2.75) is 13.1 Å². The van der Waals surface area contributed by atoms with Gasteiger partial charge < -0.3 is 0 Å². The van der Waals surface area contributed by atoms with E-state index in [0.717, 1.165) is 5.69 Å². The third kappa shape index (κ3) is 2.30. The monoisotopic (exact) mass is 324 g/mol. The number of amides is 1. The molecule has 0 N–H and O–H groups in total. The van der Waals surface area contributed by atoms with Crippen molar-refractivity contribution in [3.05, 3.63) is 82.3 Å². The fourth-order valence-corrected chi connectivity index (χ4v) is 2.79. The van der Waals surface area contributed by atoms with Crippen LogP contribution in [-0.2, 0) is 13.1 Å². The molecule has 0 aliphatic carbocycles. The first-order valence-corrected chi connectivity index (χ1v) is 7.43. The number of halogens is 1. The number of benzene rings is 2. The molecule has 1 aliphatic rings. The number of carbonyl (C=O) groups is 1. The largest absolute Gasteiger partial charge is 0.364 e. The lowest BCUT2D eigenvalue weighted by Crippen LogP contribution is -2.34. The maximum absolute atomic E-state index is 13.0. The molecule has 24 heavy (non-hydrogen) atoms. The van der Waals surface area contributed by atoms with Crippen molar-refractivity contribution in [2.24, 2.45) is 0 Å². The summed E-state index contributed by atoms with van der Waals surface area (Å²) < 4.78 is 15.6. The Morgan fingerprint density at radius 3 is 2.42 bits per heavy atom. The van der Waals surface area contributed by atoms with Gasteiger partial charge in [0.15, 0.2) is 5.82 Å². The van der Waals surface area contributed by atoms with Crippen molar-refractivity contribution < 1.29 is 9.18 Å². The first kappa shape index (κ1) is 14.4. The summed E-state index contributed by atoms with van der Waals surface area (Å²) in [6.07, 6.45) is 0. The minimum atomic E-state index is -0.490. The Bertz CT molecular complexity index is 961. The van der Waals surface area contributed by atoms with Gasteiger partial charge in [0.25, 0.3) is 0 Å². The van der Waals surface area contributed by atoms with E-state index in [2.05, 4.69) is 4.98 Å². The highest BCUT2D eigenvalue weighted by molar-refractivity contribution is 5.95. The Kier molecular flexibility index (Phi) is 3.26. The molecule has 1 aromatic heterocycles. The number of para-hydroxylation sites is 1. The summed E-state index contributed by atoms with van der Waals surface area (Å²) in [5.41, 5.74) is 0.969. The van der Waals surface area contributed by atoms with E-state index in [1.807, 2.05) is 30.3 Å². The van der Waals surface area contributed by atoms with Crippen LogP contribution in [0, 0.1) is 5.82 Å². The van der Waals surface area contributed by atoms with Gasteiger partial charge in [-0.25, -0.2) is 18.7 Å². The van der Waals surface area contributed by atoms with Gasteiger partial charge in [-0.2, -0.15) is 9.67 Å². The molecule has 7 heteroatoms. The van der Waals surface area contributed by atoms with Gasteiger partial charge in [-0.15, -0.1) is 0 Å². The molecule has 0 saturated carbocycles. The number of rotatable bonds is 3. The highest BCUT2D eigenvalue weighted by Gasteiger charge is 2.33. The molecule has 3 aromatic rings. The van der Waals surface area contributed by atoms with Crippen LogP contribution in [0.5, 0.6) is 0 Å². The van der Waals surface area contributed by atoms with E-state index in [-0.39, 0.29) is 24.9 Å². The number of nitrogens with zero attached hydrogens (tertiary/aromatic N) is 4. The minimum absolute atomic E-state index is 0.153. The van der Waals surface area contributed by atoms with Crippen LogP contribution in [0.3, 0.4) is 0 Å². The maximum atomic E-state index is 13.0. The highest BCUT2D eigenvalue weighted by Crippen LogP contribution is 2.22. The van der Waals surface area contributed by atoms with Crippen molar-refractivity contribution in [1.82, 2.24) is 14.3 Å². The molecule has 1 aliphatic heterocycles. The summed E-state index contributed by atoms with van der Waals surface area (Å²) in [7, 11) is 0. The SMILES string of the molecule is O=C1N(c2ccccc2)Cc2nc(=O)n(Cc3ccc(F)cc3)n21. The third-order valence-electron chi connectivity index (χ3n) is 3.96. The van der Waals surface area contributed by atoms with Crippen LogP contribution >= 0.6 is 0 Å². The molecule has 6 nitrogen and oxygen atoms in total. The second-order valence-electron chi connectivity index (χ2n) is 5.51. The van der Waals surface area contributed by atoms with E-state index < -0.39 is 5.69 Å². The average molecular weight is 324 g/mol. The third-order valence-corrected chi connectivity index (χ3v) is 3.96. The van der Waals surface area contributed by atoms with Crippen LogP contribution in [0.4, 0.5) is 14.9 Å². The summed E-state index contributed by atoms with van der Waals surface area (Å²) in [4.78, 5) is 30.3. The first-order valence-electron chi connectivity index (χ1n) is 7.43. The molecule has 0 atom stereocenters. The number of aromatic nitrogens is 3. The highest BCUT2D eigenvalue weighted by atomic mass is 19.1. The fourth-order valence-electron chi connectivity index (χ4n) is 2.79. The molecule has 120 valence electrons. The van der Waals surface area contributed by atoms with Crippen molar-refractivity contribution in [3.8, 4) is 0 Å². The standard InChI is InChI=1S/C17H13FN4O2/c18-13-8-6-12(7-9-13)10-21-16(23)19-15-11-20(17(24)22(15)21)14-4-2-1-3-5-14/h1-9H,10-11H2. The van der Waals surface area contributed by atoms with Crippen LogP contribution in [-0.4, -0.2) is 20.4 Å². The molecule has 0 bridgehead atoms. The van der Waals surface area contributed by atoms with E-state index in [1.165, 1.54) is 21.5 Å². The van der Waals surface area contributed by atoms with Crippen molar-refractivity contribution in [2.75, 3.05) is 4.90 Å². The summed E-state index contributed by atoms with van der Waals surface area (Å²) in [5, 5.41) is 0. The van der Waals surface area contributed by atoms with Crippen LogP contribution in [0.15, 0.2) is 59.4 Å². The molecule has 4 rings (SSSR count). The lowest BCUT2D eigenvalue weighted by Gasteiger charge is -2.15. The van der Waals surface area contributed by atoms with Crippen molar-refractivity contribution in [3.63, 3.8) is 0 Å². The van der Waals surface area contributed by atoms with E-state index in [1.54, 1.807) is 17.0 Å². The van der Waals surface area contributed by atoms with Gasteiger partial charge in [0.2, 0.25) is 0 Å². The van der Waals surface area contributed by atoms with Crippen LogP contribution in [0.25, 0.3) is 0 Å².